The molecule has 0 spiro atoms. The largest absolute Gasteiger partial charge is 0.311 e. The molecule has 2 nitrogen and oxygen atoms in total. The summed E-state index contributed by atoms with van der Waals surface area (Å²) in [6.45, 7) is 9.44. The van der Waals surface area contributed by atoms with Gasteiger partial charge < -0.3 is 10.2 Å². The first-order valence-electron chi connectivity index (χ1n) is 6.70. The van der Waals surface area contributed by atoms with E-state index in [-0.39, 0.29) is 0 Å². The van der Waals surface area contributed by atoms with Gasteiger partial charge in [0.2, 0.25) is 0 Å². The third kappa shape index (κ3) is 4.97. The van der Waals surface area contributed by atoms with Gasteiger partial charge in [-0.2, -0.15) is 0 Å². The zero-order valence-corrected chi connectivity index (χ0v) is 12.7. The molecule has 1 rings (SSSR count). The van der Waals surface area contributed by atoms with Gasteiger partial charge >= 0.3 is 0 Å². The molecule has 1 aromatic rings. The van der Waals surface area contributed by atoms with E-state index in [1.807, 2.05) is 6.07 Å². The van der Waals surface area contributed by atoms with Crippen molar-refractivity contribution >= 4 is 11.6 Å². The van der Waals surface area contributed by atoms with E-state index in [2.05, 4.69) is 50.2 Å². The molecular weight excluding hydrogens is 244 g/mol. The van der Waals surface area contributed by atoms with Crippen molar-refractivity contribution in [1.82, 2.24) is 10.2 Å². The molecule has 0 aliphatic heterocycles. The molecule has 1 N–H and O–H groups in total. The smallest absolute Gasteiger partial charge is 0.0453 e. The van der Waals surface area contributed by atoms with Crippen LogP contribution in [0.25, 0.3) is 0 Å². The van der Waals surface area contributed by atoms with Crippen LogP contribution in [0.1, 0.15) is 31.4 Å². The minimum absolute atomic E-state index is 0.648. The molecule has 0 amide bonds. The van der Waals surface area contributed by atoms with Crippen LogP contribution < -0.4 is 5.32 Å². The first-order chi connectivity index (χ1) is 8.54. The van der Waals surface area contributed by atoms with Crippen molar-refractivity contribution in [3.8, 4) is 0 Å². The zero-order chi connectivity index (χ0) is 13.5. The molecule has 0 heterocycles. The van der Waals surface area contributed by atoms with Crippen molar-refractivity contribution < 1.29 is 0 Å². The van der Waals surface area contributed by atoms with Crippen molar-refractivity contribution in [2.45, 2.75) is 39.8 Å². The van der Waals surface area contributed by atoms with Crippen LogP contribution in [-0.4, -0.2) is 31.1 Å². The molecule has 0 aliphatic carbocycles. The molecule has 1 atom stereocenters. The monoisotopic (exact) mass is 268 g/mol. The van der Waals surface area contributed by atoms with Gasteiger partial charge in [-0.1, -0.05) is 30.7 Å². The second-order valence-electron chi connectivity index (χ2n) is 5.01. The molecule has 1 aromatic carbocycles. The van der Waals surface area contributed by atoms with Gasteiger partial charge in [0.1, 0.15) is 0 Å². The summed E-state index contributed by atoms with van der Waals surface area (Å²) in [5.74, 6) is 0. The van der Waals surface area contributed by atoms with Gasteiger partial charge in [0.25, 0.3) is 0 Å². The van der Waals surface area contributed by atoms with Crippen LogP contribution in [0.5, 0.6) is 0 Å². The highest BCUT2D eigenvalue weighted by molar-refractivity contribution is 6.31. The summed E-state index contributed by atoms with van der Waals surface area (Å²) in [4.78, 5) is 2.38. The topological polar surface area (TPSA) is 15.3 Å². The minimum atomic E-state index is 0.648. The summed E-state index contributed by atoms with van der Waals surface area (Å²) >= 11 is 6.19. The van der Waals surface area contributed by atoms with Gasteiger partial charge in [0, 0.05) is 30.7 Å². The third-order valence-corrected chi connectivity index (χ3v) is 3.86. The fourth-order valence-corrected chi connectivity index (χ4v) is 2.11. The van der Waals surface area contributed by atoms with E-state index in [9.17, 15) is 0 Å². The maximum atomic E-state index is 6.19. The molecule has 18 heavy (non-hydrogen) atoms. The zero-order valence-electron chi connectivity index (χ0n) is 12.0. The predicted octanol–water partition coefficient (Wildman–Crippen LogP) is 3.47. The van der Waals surface area contributed by atoms with Crippen molar-refractivity contribution in [3.05, 3.63) is 34.3 Å². The summed E-state index contributed by atoms with van der Waals surface area (Å²) in [5, 5.41) is 4.30. The number of benzene rings is 1. The Morgan fingerprint density at radius 2 is 2.11 bits per heavy atom. The van der Waals surface area contributed by atoms with E-state index >= 15 is 0 Å². The molecule has 3 heteroatoms. The van der Waals surface area contributed by atoms with E-state index in [1.54, 1.807) is 0 Å². The second-order valence-corrected chi connectivity index (χ2v) is 5.42. The van der Waals surface area contributed by atoms with Crippen LogP contribution in [0.4, 0.5) is 0 Å². The minimum Gasteiger partial charge on any atom is -0.311 e. The van der Waals surface area contributed by atoms with Crippen LogP contribution in [-0.2, 0) is 6.54 Å². The highest BCUT2D eigenvalue weighted by Crippen LogP contribution is 2.17. The number of nitrogens with one attached hydrogen (secondary N) is 1. The Labute approximate surface area is 116 Å². The molecule has 0 bridgehead atoms. The summed E-state index contributed by atoms with van der Waals surface area (Å²) in [6, 6.07) is 6.87. The van der Waals surface area contributed by atoms with E-state index in [1.165, 1.54) is 17.5 Å². The molecule has 0 fully saturated rings. The van der Waals surface area contributed by atoms with Crippen LogP contribution >= 0.6 is 11.6 Å². The fraction of sp³-hybridized carbons (Fsp3) is 0.600. The number of halogens is 1. The summed E-state index contributed by atoms with van der Waals surface area (Å²) in [6.07, 6.45) is 1.19. The molecular formula is C15H25ClN2. The average Bonchev–Trinajstić information content (AvgIpc) is 2.35. The number of hydrogen-bond donors (Lipinski definition) is 1. The molecule has 0 aromatic heterocycles. The van der Waals surface area contributed by atoms with Crippen LogP contribution in [0.3, 0.4) is 0 Å². The first kappa shape index (κ1) is 15.5. The summed E-state index contributed by atoms with van der Waals surface area (Å²) in [7, 11) is 2.18. The Hall–Kier alpha value is -0.570. The van der Waals surface area contributed by atoms with Gasteiger partial charge in [-0.15, -0.1) is 0 Å². The van der Waals surface area contributed by atoms with Crippen LogP contribution in [0, 0.1) is 6.92 Å². The number of rotatable bonds is 7. The van der Waals surface area contributed by atoms with E-state index in [0.717, 1.165) is 24.7 Å². The first-order valence-corrected chi connectivity index (χ1v) is 7.08. The Bertz CT molecular complexity index is 366. The Balaban J connectivity index is 2.29. The maximum absolute atomic E-state index is 6.19. The average molecular weight is 269 g/mol. The molecule has 0 saturated heterocycles. The summed E-state index contributed by atoms with van der Waals surface area (Å²) in [5.41, 5.74) is 2.38. The lowest BCUT2D eigenvalue weighted by Crippen LogP contribution is -2.34. The molecule has 1 unspecified atom stereocenters. The van der Waals surface area contributed by atoms with Crippen LogP contribution in [0.2, 0.25) is 5.02 Å². The van der Waals surface area contributed by atoms with Crippen molar-refractivity contribution in [3.63, 3.8) is 0 Å². The third-order valence-electron chi connectivity index (χ3n) is 3.51. The van der Waals surface area contributed by atoms with E-state index in [4.69, 9.17) is 11.6 Å². The highest BCUT2D eigenvalue weighted by Gasteiger charge is 2.05. The van der Waals surface area contributed by atoms with Gasteiger partial charge in [-0.3, -0.25) is 0 Å². The Kier molecular flexibility index (Phi) is 6.69. The second kappa shape index (κ2) is 7.78. The highest BCUT2D eigenvalue weighted by atomic mass is 35.5. The van der Waals surface area contributed by atoms with Gasteiger partial charge in [-0.25, -0.2) is 0 Å². The standard InChI is InChI=1S/C15H25ClN2/c1-5-13(3)18(4)9-8-17-11-14-7-6-12(2)10-15(14)16/h6-7,10,13,17H,5,8-9,11H2,1-4H3. The van der Waals surface area contributed by atoms with Crippen molar-refractivity contribution in [1.29, 1.82) is 0 Å². The maximum Gasteiger partial charge on any atom is 0.0453 e. The number of nitrogens with zero attached hydrogens (tertiary/aromatic N) is 1. The quantitative estimate of drug-likeness (QED) is 0.762. The van der Waals surface area contributed by atoms with Gasteiger partial charge in [0.15, 0.2) is 0 Å². The van der Waals surface area contributed by atoms with Crippen LogP contribution in [0.15, 0.2) is 18.2 Å². The number of aryl methyl sites for hydroxylation is 1. The van der Waals surface area contributed by atoms with Gasteiger partial charge in [0.05, 0.1) is 0 Å². The fourth-order valence-electron chi connectivity index (χ4n) is 1.81. The molecule has 0 radical (unpaired) electrons. The number of likely N-dealkylation sites (N-methyl/N-ethyl adjacent to an activating group) is 1. The normalized spacial score (nSPS) is 13.0. The predicted molar refractivity (Wildman–Crippen MR) is 80.3 cm³/mol. The van der Waals surface area contributed by atoms with Crippen molar-refractivity contribution in [2.75, 3.05) is 20.1 Å². The summed E-state index contributed by atoms with van der Waals surface area (Å²) < 4.78 is 0. The molecule has 102 valence electrons. The van der Waals surface area contributed by atoms with E-state index in [0.29, 0.717) is 6.04 Å². The molecule has 0 aliphatic rings. The van der Waals surface area contributed by atoms with E-state index < -0.39 is 0 Å². The van der Waals surface area contributed by atoms with Crippen molar-refractivity contribution in [2.24, 2.45) is 0 Å². The SMILES string of the molecule is CCC(C)N(C)CCNCc1ccc(C)cc1Cl. The molecule has 0 saturated carbocycles. The Morgan fingerprint density at radius 1 is 1.39 bits per heavy atom. The number of hydrogen-bond acceptors (Lipinski definition) is 2. The Morgan fingerprint density at radius 3 is 2.72 bits per heavy atom. The lowest BCUT2D eigenvalue weighted by molar-refractivity contribution is 0.252. The lowest BCUT2D eigenvalue weighted by atomic mass is 10.1. The lowest BCUT2D eigenvalue weighted by Gasteiger charge is -2.23. The van der Waals surface area contributed by atoms with Gasteiger partial charge in [-0.05, 0) is 44.5 Å².